The van der Waals surface area contributed by atoms with Crippen molar-refractivity contribution < 1.29 is 36.7 Å². The van der Waals surface area contributed by atoms with Crippen LogP contribution in [0.2, 0.25) is 0 Å². The average molecular weight is 473 g/mol. The molecule has 1 aliphatic heterocycles. The zero-order valence-corrected chi connectivity index (χ0v) is 17.8. The van der Waals surface area contributed by atoms with E-state index in [1.807, 2.05) is 0 Å². The van der Waals surface area contributed by atoms with Gasteiger partial charge in [0.2, 0.25) is 11.7 Å². The number of aromatic nitrogens is 1. The number of nitrogens with one attached hydrogen (secondary N) is 2. The van der Waals surface area contributed by atoms with Gasteiger partial charge >= 0.3 is 6.18 Å². The Bertz CT molecular complexity index is 1030. The van der Waals surface area contributed by atoms with Crippen molar-refractivity contribution in [3.8, 4) is 0 Å². The summed E-state index contributed by atoms with van der Waals surface area (Å²) in [5.41, 5.74) is -3.12. The van der Waals surface area contributed by atoms with Crippen LogP contribution in [0.25, 0.3) is 0 Å². The molecule has 1 fully saturated rings. The lowest BCUT2D eigenvalue weighted by Gasteiger charge is -2.26. The van der Waals surface area contributed by atoms with Crippen molar-refractivity contribution in [2.75, 3.05) is 11.9 Å². The second-order valence-electron chi connectivity index (χ2n) is 7.60. The summed E-state index contributed by atoms with van der Waals surface area (Å²) < 4.78 is 58.7. The molecule has 1 atom stereocenters. The van der Waals surface area contributed by atoms with Crippen LogP contribution in [0.4, 0.5) is 22.7 Å². The van der Waals surface area contributed by atoms with E-state index in [0.29, 0.717) is 30.8 Å². The van der Waals surface area contributed by atoms with Crippen LogP contribution in [0.1, 0.15) is 47.6 Å². The second-order valence-corrected chi connectivity index (χ2v) is 8.60. The van der Waals surface area contributed by atoms with Gasteiger partial charge in [0.25, 0.3) is 5.91 Å². The molecule has 1 unspecified atom stereocenters. The quantitative estimate of drug-likeness (QED) is 0.494. The molecule has 0 spiro atoms. The Hall–Kier alpha value is -2.86. The number of nitrogens with zero attached hydrogens (tertiary/aromatic N) is 1. The summed E-state index contributed by atoms with van der Waals surface area (Å²) in [6, 6.07) is 4.01. The fraction of sp³-hybridized carbons (Fsp3) is 0.400. The zero-order valence-electron chi connectivity index (χ0n) is 17.0. The van der Waals surface area contributed by atoms with Crippen LogP contribution in [0.3, 0.4) is 0 Å². The van der Waals surface area contributed by atoms with Crippen LogP contribution in [0.15, 0.2) is 24.3 Å². The predicted octanol–water partition coefficient (Wildman–Crippen LogP) is 3.54. The first kappa shape index (κ1) is 23.8. The number of alkyl halides is 3. The summed E-state index contributed by atoms with van der Waals surface area (Å²) in [7, 11) is 0. The summed E-state index contributed by atoms with van der Waals surface area (Å²) in [5, 5.41) is 4.26. The molecular formula is C20H19F4N3O4S. The van der Waals surface area contributed by atoms with Crippen molar-refractivity contribution in [3.05, 3.63) is 46.2 Å². The van der Waals surface area contributed by atoms with Crippen LogP contribution in [-0.2, 0) is 20.5 Å². The van der Waals surface area contributed by atoms with Crippen molar-refractivity contribution in [2.45, 2.75) is 44.5 Å². The van der Waals surface area contributed by atoms with E-state index in [1.165, 1.54) is 13.8 Å². The number of thiazole rings is 1. The fourth-order valence-corrected chi connectivity index (χ4v) is 3.88. The maximum absolute atomic E-state index is 13.5. The molecular weight excluding hydrogens is 454 g/mol. The number of anilines is 1. The smallest absolute Gasteiger partial charge is 0.368 e. The highest BCUT2D eigenvalue weighted by Crippen LogP contribution is 2.37. The minimum absolute atomic E-state index is 0.164. The van der Waals surface area contributed by atoms with Gasteiger partial charge in [-0.05, 0) is 51.0 Å². The number of carbonyl (C=O) groups is 3. The van der Waals surface area contributed by atoms with E-state index in [9.17, 15) is 31.9 Å². The summed E-state index contributed by atoms with van der Waals surface area (Å²) in [5.74, 6) is -3.00. The van der Waals surface area contributed by atoms with Gasteiger partial charge in [-0.25, -0.2) is 9.37 Å². The molecule has 2 amide bonds. The van der Waals surface area contributed by atoms with Crippen LogP contribution in [0, 0.1) is 5.82 Å². The number of ether oxygens (including phenoxy) is 1. The highest BCUT2D eigenvalue weighted by Gasteiger charge is 2.41. The fourth-order valence-electron chi connectivity index (χ4n) is 2.94. The van der Waals surface area contributed by atoms with Gasteiger partial charge in [0.05, 0.1) is 0 Å². The number of rotatable bonds is 6. The van der Waals surface area contributed by atoms with Gasteiger partial charge in [0.15, 0.2) is 10.8 Å². The number of halogens is 4. The molecule has 172 valence electrons. The number of amides is 2. The molecule has 32 heavy (non-hydrogen) atoms. The number of benzene rings is 1. The van der Waals surface area contributed by atoms with Gasteiger partial charge in [-0.2, -0.15) is 13.2 Å². The highest BCUT2D eigenvalue weighted by molar-refractivity contribution is 7.18. The van der Waals surface area contributed by atoms with E-state index < -0.39 is 56.9 Å². The first-order valence-electron chi connectivity index (χ1n) is 9.52. The molecule has 2 N–H and O–H groups in total. The Labute approximate surface area is 184 Å². The number of ketones is 1. The molecule has 0 aliphatic carbocycles. The van der Waals surface area contributed by atoms with E-state index in [-0.39, 0.29) is 5.56 Å². The molecule has 12 heteroatoms. The molecule has 0 bridgehead atoms. The maximum Gasteiger partial charge on any atom is 0.435 e. The predicted molar refractivity (Wildman–Crippen MR) is 107 cm³/mol. The lowest BCUT2D eigenvalue weighted by molar-refractivity contribution is -0.141. The normalized spacial score (nSPS) is 16.6. The van der Waals surface area contributed by atoms with Crippen molar-refractivity contribution in [2.24, 2.45) is 0 Å². The Balaban J connectivity index is 1.81. The molecule has 1 saturated heterocycles. The van der Waals surface area contributed by atoms with Crippen LogP contribution >= 0.6 is 11.3 Å². The number of hydrogen-bond donors (Lipinski definition) is 2. The van der Waals surface area contributed by atoms with Gasteiger partial charge in [-0.3, -0.25) is 19.7 Å². The third-order valence-electron chi connectivity index (χ3n) is 4.65. The highest BCUT2D eigenvalue weighted by atomic mass is 32.1. The topological polar surface area (TPSA) is 97.4 Å². The minimum Gasteiger partial charge on any atom is -0.368 e. The van der Waals surface area contributed by atoms with Crippen molar-refractivity contribution >= 4 is 34.1 Å². The number of carbonyl (C=O) groups excluding carboxylic acids is 3. The minimum atomic E-state index is -4.96. The molecule has 1 aromatic heterocycles. The Morgan fingerprint density at radius 3 is 2.38 bits per heavy atom. The second kappa shape index (κ2) is 8.94. The summed E-state index contributed by atoms with van der Waals surface area (Å²) >= 11 is 0.338. The molecule has 0 saturated carbocycles. The van der Waals surface area contributed by atoms with Crippen molar-refractivity contribution in [3.63, 3.8) is 0 Å². The molecule has 3 rings (SSSR count). The van der Waals surface area contributed by atoms with Gasteiger partial charge in [-0.15, -0.1) is 0 Å². The van der Waals surface area contributed by atoms with E-state index in [4.69, 9.17) is 4.74 Å². The molecule has 1 aliphatic rings. The lowest BCUT2D eigenvalue weighted by atomic mass is 10.0. The molecule has 0 radical (unpaired) electrons. The van der Waals surface area contributed by atoms with Crippen molar-refractivity contribution in [1.82, 2.24) is 10.3 Å². The monoisotopic (exact) mass is 473 g/mol. The number of hydrogen-bond acceptors (Lipinski definition) is 6. The van der Waals surface area contributed by atoms with Crippen LogP contribution in [0.5, 0.6) is 0 Å². The molecule has 7 nitrogen and oxygen atoms in total. The largest absolute Gasteiger partial charge is 0.435 e. The molecule has 2 heterocycles. The third-order valence-corrected chi connectivity index (χ3v) is 5.62. The Morgan fingerprint density at radius 1 is 1.16 bits per heavy atom. The molecule has 1 aromatic carbocycles. The Morgan fingerprint density at radius 2 is 1.81 bits per heavy atom. The average Bonchev–Trinajstić information content (AvgIpc) is 3.37. The summed E-state index contributed by atoms with van der Waals surface area (Å²) in [4.78, 5) is 40.1. The third kappa shape index (κ3) is 5.30. The van der Waals surface area contributed by atoms with Gasteiger partial charge in [-0.1, -0.05) is 11.3 Å². The first-order valence-corrected chi connectivity index (χ1v) is 10.3. The van der Waals surface area contributed by atoms with Gasteiger partial charge in [0.1, 0.15) is 22.3 Å². The van der Waals surface area contributed by atoms with E-state index in [1.54, 1.807) is 0 Å². The zero-order chi connectivity index (χ0) is 23.7. The summed E-state index contributed by atoms with van der Waals surface area (Å²) in [6.45, 7) is 3.17. The van der Waals surface area contributed by atoms with E-state index in [0.717, 1.165) is 24.3 Å². The van der Waals surface area contributed by atoms with Crippen LogP contribution in [-0.4, -0.2) is 40.8 Å². The standard InChI is InChI=1S/C20H19F4N3O4S/c1-19(2,27-16(29)12-4-3-9-31-12)17(30)26-18-25-15(20(22,23)24)14(32-18)13(28)10-5-7-11(21)8-6-10/h5-8,12H,3-4,9H2,1-2H3,(H,27,29)(H,25,26,30). The van der Waals surface area contributed by atoms with Crippen LogP contribution < -0.4 is 10.6 Å². The lowest BCUT2D eigenvalue weighted by Crippen LogP contribution is -2.54. The van der Waals surface area contributed by atoms with E-state index >= 15 is 0 Å². The molecule has 2 aromatic rings. The summed E-state index contributed by atoms with van der Waals surface area (Å²) in [6.07, 6.45) is -4.46. The SMILES string of the molecule is CC(C)(NC(=O)C1CCCO1)C(=O)Nc1nc(C(F)(F)F)c(C(=O)c2ccc(F)cc2)s1. The maximum atomic E-state index is 13.5. The van der Waals surface area contributed by atoms with Gasteiger partial charge < -0.3 is 10.1 Å². The first-order chi connectivity index (χ1) is 14.9. The van der Waals surface area contributed by atoms with Crippen molar-refractivity contribution in [1.29, 1.82) is 0 Å². The Kier molecular flexibility index (Phi) is 6.65. The van der Waals surface area contributed by atoms with E-state index in [2.05, 4.69) is 15.6 Å². The van der Waals surface area contributed by atoms with Gasteiger partial charge in [0, 0.05) is 12.2 Å².